The number of pyridine rings is 1. The minimum Gasteiger partial charge on any atom is -0.351 e. The fourth-order valence-corrected chi connectivity index (χ4v) is 3.45. The molecule has 3 aromatic rings. The van der Waals surface area contributed by atoms with Crippen LogP contribution in [0.4, 0.5) is 0 Å². The second kappa shape index (κ2) is 7.42. The van der Waals surface area contributed by atoms with Gasteiger partial charge in [0, 0.05) is 25.5 Å². The molecule has 0 unspecified atom stereocenters. The molecule has 0 radical (unpaired) electrons. The second-order valence-electron chi connectivity index (χ2n) is 5.40. The molecule has 0 saturated heterocycles. The standard InChI is InChI=1S/C18H17N3O3S/c22-18(16-6-3-9-19-13-16)20-10-11-21-25(23,24)17-8-7-14-4-1-2-5-15(14)12-17/h1-9,12-13,21H,10-11H2,(H,20,22). The van der Waals surface area contributed by atoms with Crippen molar-refractivity contribution in [1.29, 1.82) is 0 Å². The van der Waals surface area contributed by atoms with Gasteiger partial charge in [0.05, 0.1) is 10.5 Å². The van der Waals surface area contributed by atoms with Crippen LogP contribution < -0.4 is 10.0 Å². The van der Waals surface area contributed by atoms with Crippen LogP contribution in [-0.2, 0) is 10.0 Å². The molecule has 0 fully saturated rings. The Labute approximate surface area is 146 Å². The average molecular weight is 355 g/mol. The maximum Gasteiger partial charge on any atom is 0.252 e. The monoisotopic (exact) mass is 355 g/mol. The molecule has 0 spiro atoms. The molecule has 0 atom stereocenters. The van der Waals surface area contributed by atoms with Crippen molar-refractivity contribution in [2.45, 2.75) is 4.90 Å². The lowest BCUT2D eigenvalue weighted by Gasteiger charge is -2.09. The summed E-state index contributed by atoms with van der Waals surface area (Å²) in [6.45, 7) is 0.279. The zero-order valence-electron chi connectivity index (χ0n) is 13.3. The minimum atomic E-state index is -3.63. The van der Waals surface area contributed by atoms with Gasteiger partial charge < -0.3 is 5.32 Å². The number of rotatable bonds is 6. The Balaban J connectivity index is 1.59. The highest BCUT2D eigenvalue weighted by atomic mass is 32.2. The molecule has 0 bridgehead atoms. The van der Waals surface area contributed by atoms with Crippen molar-refractivity contribution >= 4 is 26.7 Å². The van der Waals surface area contributed by atoms with Crippen molar-refractivity contribution < 1.29 is 13.2 Å². The van der Waals surface area contributed by atoms with Gasteiger partial charge in [-0.3, -0.25) is 9.78 Å². The van der Waals surface area contributed by atoms with E-state index in [1.54, 1.807) is 36.5 Å². The Hall–Kier alpha value is -2.77. The number of hydrogen-bond donors (Lipinski definition) is 2. The van der Waals surface area contributed by atoms with Gasteiger partial charge in [-0.1, -0.05) is 30.3 Å². The number of carbonyl (C=O) groups excluding carboxylic acids is 1. The van der Waals surface area contributed by atoms with Crippen molar-refractivity contribution in [2.75, 3.05) is 13.1 Å². The van der Waals surface area contributed by atoms with E-state index in [0.717, 1.165) is 10.8 Å². The number of hydrogen-bond acceptors (Lipinski definition) is 4. The quantitative estimate of drug-likeness (QED) is 0.662. The third-order valence-electron chi connectivity index (χ3n) is 3.66. The third kappa shape index (κ3) is 4.20. The van der Waals surface area contributed by atoms with Crippen molar-refractivity contribution in [3.8, 4) is 0 Å². The molecule has 1 heterocycles. The molecular formula is C18H17N3O3S. The summed E-state index contributed by atoms with van der Waals surface area (Å²) >= 11 is 0. The van der Waals surface area contributed by atoms with Crippen molar-refractivity contribution in [1.82, 2.24) is 15.0 Å². The van der Waals surface area contributed by atoms with Crippen molar-refractivity contribution in [2.24, 2.45) is 0 Å². The second-order valence-corrected chi connectivity index (χ2v) is 7.17. The van der Waals surface area contributed by atoms with E-state index in [9.17, 15) is 13.2 Å². The normalized spacial score (nSPS) is 11.4. The Morgan fingerprint density at radius 3 is 2.52 bits per heavy atom. The fraction of sp³-hybridized carbons (Fsp3) is 0.111. The number of nitrogens with one attached hydrogen (secondary N) is 2. The van der Waals surface area contributed by atoms with Crippen LogP contribution in [0, 0.1) is 0 Å². The summed E-state index contributed by atoms with van der Waals surface area (Å²) in [4.78, 5) is 15.9. The number of benzene rings is 2. The Morgan fingerprint density at radius 1 is 0.960 bits per heavy atom. The molecule has 128 valence electrons. The smallest absolute Gasteiger partial charge is 0.252 e. The molecule has 1 aromatic heterocycles. The predicted molar refractivity (Wildman–Crippen MR) is 95.7 cm³/mol. The number of sulfonamides is 1. The number of carbonyl (C=O) groups is 1. The van der Waals surface area contributed by atoms with Gasteiger partial charge in [-0.2, -0.15) is 0 Å². The van der Waals surface area contributed by atoms with E-state index in [0.29, 0.717) is 5.56 Å². The summed E-state index contributed by atoms with van der Waals surface area (Å²) in [6, 6.07) is 15.8. The molecule has 3 rings (SSSR count). The van der Waals surface area contributed by atoms with Gasteiger partial charge in [-0.05, 0) is 35.0 Å². The third-order valence-corrected chi connectivity index (χ3v) is 5.12. The highest BCUT2D eigenvalue weighted by molar-refractivity contribution is 7.89. The largest absolute Gasteiger partial charge is 0.351 e. The summed E-state index contributed by atoms with van der Waals surface area (Å²) in [7, 11) is -3.63. The fourth-order valence-electron chi connectivity index (χ4n) is 2.38. The highest BCUT2D eigenvalue weighted by Crippen LogP contribution is 2.18. The summed E-state index contributed by atoms with van der Waals surface area (Å²) in [5.74, 6) is -0.294. The van der Waals surface area contributed by atoms with E-state index in [4.69, 9.17) is 0 Å². The topological polar surface area (TPSA) is 88.2 Å². The van der Waals surface area contributed by atoms with Crippen LogP contribution >= 0.6 is 0 Å². The maximum atomic E-state index is 12.4. The molecule has 2 N–H and O–H groups in total. The van der Waals surface area contributed by atoms with E-state index in [2.05, 4.69) is 15.0 Å². The first kappa shape index (κ1) is 17.1. The van der Waals surface area contributed by atoms with Gasteiger partial charge in [0.15, 0.2) is 0 Å². The zero-order valence-corrected chi connectivity index (χ0v) is 14.2. The van der Waals surface area contributed by atoms with Crippen LogP contribution in [0.3, 0.4) is 0 Å². The van der Waals surface area contributed by atoms with E-state index < -0.39 is 10.0 Å². The number of amides is 1. The van der Waals surface area contributed by atoms with E-state index in [1.165, 1.54) is 6.20 Å². The SMILES string of the molecule is O=C(NCCNS(=O)(=O)c1ccc2ccccc2c1)c1cccnc1. The lowest BCUT2D eigenvalue weighted by Crippen LogP contribution is -2.34. The number of nitrogens with zero attached hydrogens (tertiary/aromatic N) is 1. The molecule has 0 aliphatic heterocycles. The van der Waals surface area contributed by atoms with Crippen LogP contribution in [0.1, 0.15) is 10.4 Å². The lowest BCUT2D eigenvalue weighted by atomic mass is 10.1. The Morgan fingerprint density at radius 2 is 1.76 bits per heavy atom. The van der Waals surface area contributed by atoms with Gasteiger partial charge in [-0.15, -0.1) is 0 Å². The summed E-state index contributed by atoms with van der Waals surface area (Å²) in [6.07, 6.45) is 3.03. The summed E-state index contributed by atoms with van der Waals surface area (Å²) in [5.41, 5.74) is 0.430. The van der Waals surface area contributed by atoms with Crippen LogP contribution in [0.25, 0.3) is 10.8 Å². The lowest BCUT2D eigenvalue weighted by molar-refractivity contribution is 0.0954. The maximum absolute atomic E-state index is 12.4. The first-order valence-electron chi connectivity index (χ1n) is 7.73. The van der Waals surface area contributed by atoms with Crippen LogP contribution in [0.5, 0.6) is 0 Å². The van der Waals surface area contributed by atoms with Gasteiger partial charge >= 0.3 is 0 Å². The Kier molecular flexibility index (Phi) is 5.06. The minimum absolute atomic E-state index is 0.0984. The van der Waals surface area contributed by atoms with Crippen LogP contribution in [-0.4, -0.2) is 32.4 Å². The summed E-state index contributed by atoms with van der Waals surface area (Å²) < 4.78 is 27.2. The molecule has 6 nitrogen and oxygen atoms in total. The highest BCUT2D eigenvalue weighted by Gasteiger charge is 2.14. The molecule has 25 heavy (non-hydrogen) atoms. The van der Waals surface area contributed by atoms with Crippen LogP contribution in [0.2, 0.25) is 0 Å². The molecule has 0 aliphatic rings. The van der Waals surface area contributed by atoms with Gasteiger partial charge in [0.1, 0.15) is 0 Å². The molecule has 2 aromatic carbocycles. The van der Waals surface area contributed by atoms with E-state index in [1.807, 2.05) is 24.3 Å². The average Bonchev–Trinajstić information content (AvgIpc) is 2.65. The van der Waals surface area contributed by atoms with Crippen LogP contribution in [0.15, 0.2) is 71.9 Å². The number of aromatic nitrogens is 1. The van der Waals surface area contributed by atoms with Crippen molar-refractivity contribution in [3.05, 3.63) is 72.6 Å². The van der Waals surface area contributed by atoms with E-state index >= 15 is 0 Å². The molecular weight excluding hydrogens is 338 g/mol. The first-order valence-corrected chi connectivity index (χ1v) is 9.21. The Bertz CT molecular complexity index is 989. The zero-order chi connectivity index (χ0) is 17.7. The number of fused-ring (bicyclic) bond motifs is 1. The molecule has 0 saturated carbocycles. The first-order chi connectivity index (χ1) is 12.1. The molecule has 7 heteroatoms. The molecule has 1 amide bonds. The van der Waals surface area contributed by atoms with Gasteiger partial charge in [0.2, 0.25) is 10.0 Å². The summed E-state index contributed by atoms with van der Waals surface area (Å²) in [5, 5.41) is 4.48. The predicted octanol–water partition coefficient (Wildman–Crippen LogP) is 1.94. The van der Waals surface area contributed by atoms with Gasteiger partial charge in [0.25, 0.3) is 5.91 Å². The van der Waals surface area contributed by atoms with E-state index in [-0.39, 0.29) is 23.9 Å². The molecule has 0 aliphatic carbocycles. The van der Waals surface area contributed by atoms with Gasteiger partial charge in [-0.25, -0.2) is 13.1 Å². The van der Waals surface area contributed by atoms with Crippen molar-refractivity contribution in [3.63, 3.8) is 0 Å².